The zero-order valence-corrected chi connectivity index (χ0v) is 13.6. The molecule has 2 aromatic rings. The van der Waals surface area contributed by atoms with Crippen LogP contribution in [0.1, 0.15) is 30.0 Å². The van der Waals surface area contributed by atoms with Gasteiger partial charge in [0.1, 0.15) is 5.76 Å². The number of hydrogen-bond donors (Lipinski definition) is 1. The number of aromatic nitrogens is 2. The van der Waals surface area contributed by atoms with Crippen LogP contribution in [-0.2, 0) is 11.3 Å². The van der Waals surface area contributed by atoms with Gasteiger partial charge in [0.2, 0.25) is 0 Å². The lowest BCUT2D eigenvalue weighted by molar-refractivity contribution is 0.182. The SMILES string of the molecule is CCNC(c1ccoc1C)c1c(Br)cnn1CCOC. The third kappa shape index (κ3) is 3.13. The highest BCUT2D eigenvalue weighted by Gasteiger charge is 2.23. The van der Waals surface area contributed by atoms with Crippen LogP contribution in [0.3, 0.4) is 0 Å². The molecule has 2 aromatic heterocycles. The quantitative estimate of drug-likeness (QED) is 0.841. The van der Waals surface area contributed by atoms with E-state index in [0.717, 1.165) is 34.6 Å². The van der Waals surface area contributed by atoms with Crippen molar-refractivity contribution >= 4 is 15.9 Å². The highest BCUT2D eigenvalue weighted by atomic mass is 79.9. The second-order valence-corrected chi connectivity index (χ2v) is 5.37. The molecule has 2 heterocycles. The van der Waals surface area contributed by atoms with E-state index in [1.54, 1.807) is 13.4 Å². The number of nitrogens with one attached hydrogen (secondary N) is 1. The smallest absolute Gasteiger partial charge is 0.105 e. The summed E-state index contributed by atoms with van der Waals surface area (Å²) in [6.45, 7) is 6.27. The first-order chi connectivity index (χ1) is 9.69. The molecular weight excluding hydrogens is 322 g/mol. The number of furan rings is 1. The summed E-state index contributed by atoms with van der Waals surface area (Å²) in [6.07, 6.45) is 3.55. The minimum Gasteiger partial charge on any atom is -0.469 e. The molecule has 1 unspecified atom stereocenters. The molecule has 0 aliphatic rings. The molecule has 0 spiro atoms. The molecule has 0 saturated carbocycles. The van der Waals surface area contributed by atoms with Crippen molar-refractivity contribution in [3.05, 3.63) is 40.0 Å². The van der Waals surface area contributed by atoms with Gasteiger partial charge in [0, 0.05) is 12.7 Å². The number of hydrogen-bond acceptors (Lipinski definition) is 4. The Balaban J connectivity index is 2.39. The summed E-state index contributed by atoms with van der Waals surface area (Å²) >= 11 is 3.60. The van der Waals surface area contributed by atoms with Gasteiger partial charge in [0.05, 0.1) is 41.8 Å². The first-order valence-corrected chi connectivity index (χ1v) is 7.45. The molecule has 1 atom stereocenters. The molecule has 0 amide bonds. The van der Waals surface area contributed by atoms with Gasteiger partial charge in [-0.1, -0.05) is 6.92 Å². The van der Waals surface area contributed by atoms with Gasteiger partial charge >= 0.3 is 0 Å². The van der Waals surface area contributed by atoms with Crippen molar-refractivity contribution < 1.29 is 9.15 Å². The molecule has 0 radical (unpaired) electrons. The average molecular weight is 342 g/mol. The Kier molecular flexibility index (Phi) is 5.39. The highest BCUT2D eigenvalue weighted by Crippen LogP contribution is 2.30. The van der Waals surface area contributed by atoms with Gasteiger partial charge in [0.15, 0.2) is 0 Å². The molecule has 0 saturated heterocycles. The first-order valence-electron chi connectivity index (χ1n) is 6.66. The van der Waals surface area contributed by atoms with E-state index in [1.807, 2.05) is 23.9 Å². The summed E-state index contributed by atoms with van der Waals surface area (Å²) in [5, 5.41) is 7.91. The van der Waals surface area contributed by atoms with Gasteiger partial charge in [-0.25, -0.2) is 0 Å². The summed E-state index contributed by atoms with van der Waals surface area (Å²) in [5.74, 6) is 0.919. The number of nitrogens with zero attached hydrogens (tertiary/aromatic N) is 2. The minimum atomic E-state index is 0.0486. The molecule has 0 aliphatic carbocycles. The van der Waals surface area contributed by atoms with Crippen LogP contribution in [0.4, 0.5) is 0 Å². The maximum absolute atomic E-state index is 5.44. The maximum atomic E-state index is 5.44. The maximum Gasteiger partial charge on any atom is 0.105 e. The molecule has 0 aliphatic heterocycles. The van der Waals surface area contributed by atoms with Crippen molar-refractivity contribution in [1.29, 1.82) is 0 Å². The Morgan fingerprint density at radius 3 is 2.95 bits per heavy atom. The summed E-state index contributed by atoms with van der Waals surface area (Å²) in [4.78, 5) is 0. The molecule has 0 aromatic carbocycles. The van der Waals surface area contributed by atoms with Crippen molar-refractivity contribution in [2.45, 2.75) is 26.4 Å². The van der Waals surface area contributed by atoms with E-state index in [0.29, 0.717) is 6.61 Å². The molecule has 110 valence electrons. The van der Waals surface area contributed by atoms with E-state index in [1.165, 1.54) is 0 Å². The van der Waals surface area contributed by atoms with Crippen molar-refractivity contribution in [3.8, 4) is 0 Å². The van der Waals surface area contributed by atoms with Gasteiger partial charge in [-0.2, -0.15) is 5.10 Å². The summed E-state index contributed by atoms with van der Waals surface area (Å²) in [5.41, 5.74) is 2.22. The average Bonchev–Trinajstić information content (AvgIpc) is 3.01. The van der Waals surface area contributed by atoms with Gasteiger partial charge in [-0.05, 0) is 35.5 Å². The van der Waals surface area contributed by atoms with Crippen molar-refractivity contribution in [2.75, 3.05) is 20.3 Å². The molecule has 20 heavy (non-hydrogen) atoms. The van der Waals surface area contributed by atoms with Gasteiger partial charge in [0.25, 0.3) is 0 Å². The van der Waals surface area contributed by atoms with E-state index in [4.69, 9.17) is 9.15 Å². The third-order valence-electron chi connectivity index (χ3n) is 3.23. The summed E-state index contributed by atoms with van der Waals surface area (Å²) in [7, 11) is 1.69. The minimum absolute atomic E-state index is 0.0486. The number of aryl methyl sites for hydroxylation is 1. The fourth-order valence-corrected chi connectivity index (χ4v) is 2.79. The van der Waals surface area contributed by atoms with Crippen LogP contribution < -0.4 is 5.32 Å². The van der Waals surface area contributed by atoms with E-state index in [-0.39, 0.29) is 6.04 Å². The predicted octanol–water partition coefficient (Wildman–Crippen LogP) is 2.89. The van der Waals surface area contributed by atoms with Crippen LogP contribution in [0.25, 0.3) is 0 Å². The van der Waals surface area contributed by atoms with Crippen LogP contribution in [0.5, 0.6) is 0 Å². The van der Waals surface area contributed by atoms with E-state index in [2.05, 4.69) is 33.3 Å². The molecule has 0 bridgehead atoms. The Labute approximate surface area is 127 Å². The van der Waals surface area contributed by atoms with E-state index in [9.17, 15) is 0 Å². The van der Waals surface area contributed by atoms with Crippen molar-refractivity contribution in [1.82, 2.24) is 15.1 Å². The number of halogens is 1. The van der Waals surface area contributed by atoms with Crippen molar-refractivity contribution in [3.63, 3.8) is 0 Å². The number of rotatable bonds is 7. The normalized spacial score (nSPS) is 12.8. The van der Waals surface area contributed by atoms with Gasteiger partial charge in [-0.3, -0.25) is 4.68 Å². The van der Waals surface area contributed by atoms with E-state index >= 15 is 0 Å². The van der Waals surface area contributed by atoms with E-state index < -0.39 is 0 Å². The fourth-order valence-electron chi connectivity index (χ4n) is 2.27. The standard InChI is InChI=1S/C14H20BrN3O2/c1-4-16-13(11-5-7-20-10(11)2)14-12(15)9-17-18(14)6-8-19-3/h5,7,9,13,16H,4,6,8H2,1-3H3. The van der Waals surface area contributed by atoms with Gasteiger partial charge < -0.3 is 14.5 Å². The zero-order chi connectivity index (χ0) is 14.5. The topological polar surface area (TPSA) is 52.2 Å². The monoisotopic (exact) mass is 341 g/mol. The van der Waals surface area contributed by atoms with Crippen LogP contribution in [0.15, 0.2) is 27.4 Å². The first kappa shape index (κ1) is 15.3. The van der Waals surface area contributed by atoms with Crippen molar-refractivity contribution in [2.24, 2.45) is 0 Å². The Hall–Kier alpha value is -1.11. The Bertz CT molecular complexity index is 550. The lowest BCUT2D eigenvalue weighted by atomic mass is 10.0. The molecule has 0 fully saturated rings. The van der Waals surface area contributed by atoms with Crippen LogP contribution in [-0.4, -0.2) is 30.0 Å². The molecule has 2 rings (SSSR count). The van der Waals surface area contributed by atoms with Gasteiger partial charge in [-0.15, -0.1) is 0 Å². The number of methoxy groups -OCH3 is 1. The highest BCUT2D eigenvalue weighted by molar-refractivity contribution is 9.10. The molecular formula is C14H20BrN3O2. The largest absolute Gasteiger partial charge is 0.469 e. The number of ether oxygens (including phenoxy) is 1. The predicted molar refractivity (Wildman–Crippen MR) is 80.8 cm³/mol. The third-order valence-corrected chi connectivity index (χ3v) is 3.84. The second kappa shape index (κ2) is 7.06. The zero-order valence-electron chi connectivity index (χ0n) is 12.0. The summed E-state index contributed by atoms with van der Waals surface area (Å²) < 4.78 is 13.5. The molecule has 5 nitrogen and oxygen atoms in total. The lowest BCUT2D eigenvalue weighted by Gasteiger charge is -2.20. The van der Waals surface area contributed by atoms with Crippen LogP contribution in [0, 0.1) is 6.92 Å². The lowest BCUT2D eigenvalue weighted by Crippen LogP contribution is -2.26. The molecule has 6 heteroatoms. The Morgan fingerprint density at radius 2 is 2.35 bits per heavy atom. The fraction of sp³-hybridized carbons (Fsp3) is 0.500. The summed E-state index contributed by atoms with van der Waals surface area (Å²) in [6, 6.07) is 2.05. The van der Waals surface area contributed by atoms with Crippen LogP contribution >= 0.6 is 15.9 Å². The Morgan fingerprint density at radius 1 is 1.55 bits per heavy atom. The van der Waals surface area contributed by atoms with Crippen LogP contribution in [0.2, 0.25) is 0 Å². The molecule has 1 N–H and O–H groups in total. The second-order valence-electron chi connectivity index (χ2n) is 4.52.